The Morgan fingerprint density at radius 3 is 2.58 bits per heavy atom. The van der Waals surface area contributed by atoms with E-state index in [1.54, 1.807) is 6.07 Å². The molecule has 0 spiro atoms. The molecular weight excluding hydrogens is 319 g/mol. The van der Waals surface area contributed by atoms with Crippen LogP contribution in [-0.4, -0.2) is 24.0 Å². The molecule has 2 aromatic rings. The lowest BCUT2D eigenvalue weighted by Crippen LogP contribution is -2.30. The zero-order valence-corrected chi connectivity index (χ0v) is 13.0. The Bertz CT molecular complexity index is 766. The van der Waals surface area contributed by atoms with Gasteiger partial charge < -0.3 is 14.8 Å². The molecule has 8 heteroatoms. The first-order valence-electron chi connectivity index (χ1n) is 6.97. The molecule has 0 saturated carbocycles. The minimum Gasteiger partial charge on any atom is -0.493 e. The molecule has 0 bridgehead atoms. The summed E-state index contributed by atoms with van der Waals surface area (Å²) in [6, 6.07) is 9.49. The van der Waals surface area contributed by atoms with Gasteiger partial charge in [-0.3, -0.25) is 14.9 Å². The highest BCUT2D eigenvalue weighted by molar-refractivity contribution is 5.94. The van der Waals surface area contributed by atoms with Gasteiger partial charge in [0.2, 0.25) is 0 Å². The quantitative estimate of drug-likeness (QED) is 0.647. The van der Waals surface area contributed by atoms with Crippen LogP contribution in [0.15, 0.2) is 42.5 Å². The van der Waals surface area contributed by atoms with E-state index in [0.717, 1.165) is 6.07 Å². The SMILES string of the molecule is COc1ccc([N+](=O)[O-])cc1O[C@@H](C)C(=O)Nc1ccccc1F. The van der Waals surface area contributed by atoms with Crippen LogP contribution in [0.1, 0.15) is 6.92 Å². The van der Waals surface area contributed by atoms with E-state index in [0.29, 0.717) is 0 Å². The number of hydrogen-bond donors (Lipinski definition) is 1. The Labute approximate surface area is 137 Å². The normalized spacial score (nSPS) is 11.5. The van der Waals surface area contributed by atoms with E-state index in [2.05, 4.69) is 5.32 Å². The van der Waals surface area contributed by atoms with Crippen molar-refractivity contribution in [3.05, 3.63) is 58.4 Å². The summed E-state index contributed by atoms with van der Waals surface area (Å²) in [5, 5.41) is 13.2. The van der Waals surface area contributed by atoms with E-state index in [1.165, 1.54) is 44.4 Å². The molecule has 0 unspecified atom stereocenters. The second kappa shape index (κ2) is 7.40. The molecule has 0 heterocycles. The maximum Gasteiger partial charge on any atom is 0.273 e. The van der Waals surface area contributed by atoms with Crippen molar-refractivity contribution in [2.45, 2.75) is 13.0 Å². The van der Waals surface area contributed by atoms with E-state index in [9.17, 15) is 19.3 Å². The van der Waals surface area contributed by atoms with Crippen LogP contribution in [0.5, 0.6) is 11.5 Å². The van der Waals surface area contributed by atoms with Gasteiger partial charge in [0.25, 0.3) is 11.6 Å². The molecule has 0 radical (unpaired) electrons. The Kier molecular flexibility index (Phi) is 5.31. The monoisotopic (exact) mass is 334 g/mol. The molecule has 7 nitrogen and oxygen atoms in total. The highest BCUT2D eigenvalue weighted by Gasteiger charge is 2.20. The zero-order valence-electron chi connectivity index (χ0n) is 13.0. The summed E-state index contributed by atoms with van der Waals surface area (Å²) >= 11 is 0. The number of nitrogens with one attached hydrogen (secondary N) is 1. The first kappa shape index (κ1) is 17.2. The van der Waals surface area contributed by atoms with Crippen LogP contribution < -0.4 is 14.8 Å². The third-order valence-corrected chi connectivity index (χ3v) is 3.16. The summed E-state index contributed by atoms with van der Waals surface area (Å²) < 4.78 is 24.0. The summed E-state index contributed by atoms with van der Waals surface area (Å²) in [6.07, 6.45) is -1.03. The molecule has 0 aliphatic heterocycles. The first-order chi connectivity index (χ1) is 11.4. The average Bonchev–Trinajstić information content (AvgIpc) is 2.56. The van der Waals surface area contributed by atoms with Gasteiger partial charge in [-0.25, -0.2) is 4.39 Å². The molecule has 1 N–H and O–H groups in total. The lowest BCUT2D eigenvalue weighted by atomic mass is 10.2. The third-order valence-electron chi connectivity index (χ3n) is 3.16. The van der Waals surface area contributed by atoms with Crippen LogP contribution in [0.4, 0.5) is 15.8 Å². The molecule has 1 amide bonds. The van der Waals surface area contributed by atoms with Gasteiger partial charge in [0, 0.05) is 6.07 Å². The highest BCUT2D eigenvalue weighted by Crippen LogP contribution is 2.32. The number of para-hydroxylation sites is 1. The molecule has 0 aromatic heterocycles. The second-order valence-corrected chi connectivity index (χ2v) is 4.82. The topological polar surface area (TPSA) is 90.7 Å². The van der Waals surface area contributed by atoms with Crippen molar-refractivity contribution in [2.24, 2.45) is 0 Å². The van der Waals surface area contributed by atoms with Crippen LogP contribution in [-0.2, 0) is 4.79 Å². The number of methoxy groups -OCH3 is 1. The number of ether oxygens (including phenoxy) is 2. The van der Waals surface area contributed by atoms with Crippen LogP contribution in [0.25, 0.3) is 0 Å². The standard InChI is InChI=1S/C16H15FN2O5/c1-10(16(20)18-13-6-4-3-5-12(13)17)24-15-9-11(19(21)22)7-8-14(15)23-2/h3-10H,1-2H3,(H,18,20)/t10-/m0/s1. The first-order valence-corrected chi connectivity index (χ1v) is 6.97. The molecular formula is C16H15FN2O5. The second-order valence-electron chi connectivity index (χ2n) is 4.82. The van der Waals surface area contributed by atoms with Gasteiger partial charge in [0.05, 0.1) is 23.8 Å². The maximum absolute atomic E-state index is 13.6. The highest BCUT2D eigenvalue weighted by atomic mass is 19.1. The molecule has 24 heavy (non-hydrogen) atoms. The van der Waals surface area contributed by atoms with E-state index < -0.39 is 22.8 Å². The molecule has 0 aliphatic rings. The minimum atomic E-state index is -1.03. The van der Waals surface area contributed by atoms with Crippen LogP contribution in [0.3, 0.4) is 0 Å². The summed E-state index contributed by atoms with van der Waals surface area (Å²) in [5.74, 6) is -0.895. The number of non-ortho nitro benzene ring substituents is 1. The van der Waals surface area contributed by atoms with Crippen LogP contribution in [0.2, 0.25) is 0 Å². The summed E-state index contributed by atoms with van der Waals surface area (Å²) in [7, 11) is 1.37. The number of amides is 1. The number of nitrogens with zero attached hydrogens (tertiary/aromatic N) is 1. The fraction of sp³-hybridized carbons (Fsp3) is 0.188. The summed E-state index contributed by atoms with van der Waals surface area (Å²) in [5.41, 5.74) is -0.184. The zero-order chi connectivity index (χ0) is 17.7. The van der Waals surface area contributed by atoms with Gasteiger partial charge in [0.15, 0.2) is 17.6 Å². The van der Waals surface area contributed by atoms with Crippen LogP contribution >= 0.6 is 0 Å². The van der Waals surface area contributed by atoms with Gasteiger partial charge in [0.1, 0.15) is 5.82 Å². The van der Waals surface area contributed by atoms with Gasteiger partial charge in [-0.1, -0.05) is 12.1 Å². The fourth-order valence-corrected chi connectivity index (χ4v) is 1.91. The molecule has 0 saturated heterocycles. The smallest absolute Gasteiger partial charge is 0.273 e. The van der Waals surface area contributed by atoms with Crippen molar-refractivity contribution in [3.8, 4) is 11.5 Å². The molecule has 1 atom stereocenters. The van der Waals surface area contributed by atoms with E-state index >= 15 is 0 Å². The Balaban J connectivity index is 2.15. The van der Waals surface area contributed by atoms with Gasteiger partial charge >= 0.3 is 0 Å². The molecule has 0 fully saturated rings. The van der Waals surface area contributed by atoms with E-state index in [4.69, 9.17) is 9.47 Å². The van der Waals surface area contributed by atoms with Crippen molar-refractivity contribution in [1.82, 2.24) is 0 Å². The van der Waals surface area contributed by atoms with Gasteiger partial charge in [-0.2, -0.15) is 0 Å². The van der Waals surface area contributed by atoms with Gasteiger partial charge in [-0.05, 0) is 25.1 Å². The number of carbonyl (C=O) groups excluding carboxylic acids is 1. The minimum absolute atomic E-state index is 0.0176. The lowest BCUT2D eigenvalue weighted by molar-refractivity contribution is -0.385. The van der Waals surface area contributed by atoms with E-state index in [-0.39, 0.29) is 22.9 Å². The van der Waals surface area contributed by atoms with Crippen LogP contribution in [0, 0.1) is 15.9 Å². The molecule has 126 valence electrons. The van der Waals surface area contributed by atoms with Gasteiger partial charge in [-0.15, -0.1) is 0 Å². The van der Waals surface area contributed by atoms with E-state index in [1.807, 2.05) is 0 Å². The summed E-state index contributed by atoms with van der Waals surface area (Å²) in [6.45, 7) is 1.44. The lowest BCUT2D eigenvalue weighted by Gasteiger charge is -2.16. The Hall–Kier alpha value is -3.16. The third kappa shape index (κ3) is 3.97. The molecule has 2 rings (SSSR count). The number of hydrogen-bond acceptors (Lipinski definition) is 5. The Morgan fingerprint density at radius 1 is 1.25 bits per heavy atom. The Morgan fingerprint density at radius 2 is 1.96 bits per heavy atom. The summed E-state index contributed by atoms with van der Waals surface area (Å²) in [4.78, 5) is 22.4. The van der Waals surface area contributed by atoms with Crippen molar-refractivity contribution >= 4 is 17.3 Å². The number of nitro benzene ring substituents is 1. The maximum atomic E-state index is 13.6. The number of carbonyl (C=O) groups is 1. The number of anilines is 1. The number of nitro groups is 1. The number of benzene rings is 2. The largest absolute Gasteiger partial charge is 0.493 e. The van der Waals surface area contributed by atoms with Crippen molar-refractivity contribution in [2.75, 3.05) is 12.4 Å². The number of halogens is 1. The van der Waals surface area contributed by atoms with Crippen molar-refractivity contribution in [3.63, 3.8) is 0 Å². The van der Waals surface area contributed by atoms with Crippen molar-refractivity contribution in [1.29, 1.82) is 0 Å². The van der Waals surface area contributed by atoms with Crippen molar-refractivity contribution < 1.29 is 23.6 Å². The number of rotatable bonds is 6. The average molecular weight is 334 g/mol. The predicted molar refractivity (Wildman–Crippen MR) is 84.8 cm³/mol. The predicted octanol–water partition coefficient (Wildman–Crippen LogP) is 3.15. The molecule has 0 aliphatic carbocycles. The fourth-order valence-electron chi connectivity index (χ4n) is 1.91. The molecule has 2 aromatic carbocycles.